The largest absolute Gasteiger partial charge is 0.496 e. The van der Waals surface area contributed by atoms with Gasteiger partial charge in [0.1, 0.15) is 12.0 Å². The molecule has 6 nitrogen and oxygen atoms in total. The van der Waals surface area contributed by atoms with Gasteiger partial charge in [-0.05, 0) is 44.0 Å². The maximum Gasteiger partial charge on any atom is 0.259 e. The molecule has 142 valence electrons. The summed E-state index contributed by atoms with van der Waals surface area (Å²) >= 11 is 3.37. The molecule has 0 bridgehead atoms. The molecule has 1 aliphatic rings. The van der Waals surface area contributed by atoms with E-state index in [1.54, 1.807) is 19.3 Å². The number of imide groups is 1. The van der Waals surface area contributed by atoms with Crippen LogP contribution in [0.5, 0.6) is 5.75 Å². The zero-order chi connectivity index (χ0) is 19.1. The van der Waals surface area contributed by atoms with E-state index in [2.05, 4.69) is 15.9 Å². The van der Waals surface area contributed by atoms with Crippen LogP contribution < -0.4 is 10.5 Å². The third-order valence-electron chi connectivity index (χ3n) is 4.34. The molecular formula is C19H25BrN2O4. The van der Waals surface area contributed by atoms with E-state index in [0.29, 0.717) is 29.9 Å². The Morgan fingerprint density at radius 2 is 2.04 bits per heavy atom. The second kappa shape index (κ2) is 9.85. The Bertz CT molecular complexity index is 690. The number of nitrogens with zero attached hydrogens (tertiary/aromatic N) is 1. The molecule has 7 heteroatoms. The van der Waals surface area contributed by atoms with Crippen molar-refractivity contribution in [3.05, 3.63) is 33.8 Å². The van der Waals surface area contributed by atoms with E-state index in [9.17, 15) is 14.7 Å². The molecule has 0 saturated carbocycles. The zero-order valence-electron chi connectivity index (χ0n) is 14.9. The molecule has 2 rings (SSSR count). The van der Waals surface area contributed by atoms with Gasteiger partial charge in [-0.15, -0.1) is 0 Å². The SMILES string of the molecule is COc1cc(Br)ccc1/C=C1\CC(=O)N(C(O)CCCCCCN)C1=O. The number of aliphatic hydroxyl groups excluding tert-OH is 1. The van der Waals surface area contributed by atoms with Crippen LogP contribution in [0.4, 0.5) is 0 Å². The van der Waals surface area contributed by atoms with E-state index in [0.717, 1.165) is 35.1 Å². The van der Waals surface area contributed by atoms with Gasteiger partial charge in [-0.1, -0.05) is 34.8 Å². The fraction of sp³-hybridized carbons (Fsp3) is 0.474. The average Bonchev–Trinajstić information content (AvgIpc) is 2.89. The number of hydrogen-bond acceptors (Lipinski definition) is 5. The number of amides is 2. The molecule has 0 spiro atoms. The number of halogens is 1. The normalized spacial score (nSPS) is 17.2. The number of carbonyl (C=O) groups excluding carboxylic acids is 2. The number of likely N-dealkylation sites (tertiary alicyclic amines) is 1. The van der Waals surface area contributed by atoms with Crippen molar-refractivity contribution in [1.82, 2.24) is 4.90 Å². The van der Waals surface area contributed by atoms with Gasteiger partial charge >= 0.3 is 0 Å². The molecule has 0 aromatic heterocycles. The summed E-state index contributed by atoms with van der Waals surface area (Å²) in [5.74, 6) is -0.202. The maximum absolute atomic E-state index is 12.6. The van der Waals surface area contributed by atoms with Crippen molar-refractivity contribution in [2.24, 2.45) is 5.73 Å². The highest BCUT2D eigenvalue weighted by Crippen LogP contribution is 2.29. The van der Waals surface area contributed by atoms with Crippen molar-refractivity contribution in [1.29, 1.82) is 0 Å². The molecule has 2 amide bonds. The number of aliphatic hydroxyl groups is 1. The number of methoxy groups -OCH3 is 1. The van der Waals surface area contributed by atoms with Gasteiger partial charge in [0.2, 0.25) is 5.91 Å². The molecule has 1 aliphatic heterocycles. The maximum atomic E-state index is 12.6. The first-order valence-corrected chi connectivity index (χ1v) is 9.56. The Hall–Kier alpha value is -1.70. The second-order valence-corrected chi connectivity index (χ2v) is 7.19. The summed E-state index contributed by atoms with van der Waals surface area (Å²) in [5.41, 5.74) is 6.52. The van der Waals surface area contributed by atoms with Crippen LogP contribution in [0.3, 0.4) is 0 Å². The Morgan fingerprint density at radius 3 is 2.73 bits per heavy atom. The Morgan fingerprint density at radius 1 is 1.31 bits per heavy atom. The lowest BCUT2D eigenvalue weighted by Crippen LogP contribution is -2.39. The predicted octanol–water partition coefficient (Wildman–Crippen LogP) is 2.83. The minimum atomic E-state index is -1.08. The molecular weight excluding hydrogens is 400 g/mol. The lowest BCUT2D eigenvalue weighted by atomic mass is 10.1. The summed E-state index contributed by atoms with van der Waals surface area (Å²) in [6.07, 6.45) is 4.55. The summed E-state index contributed by atoms with van der Waals surface area (Å²) in [7, 11) is 1.55. The highest BCUT2D eigenvalue weighted by atomic mass is 79.9. The molecule has 0 radical (unpaired) electrons. The number of hydrogen-bond donors (Lipinski definition) is 2. The Balaban J connectivity index is 2.06. The van der Waals surface area contributed by atoms with Crippen LogP contribution in [0, 0.1) is 0 Å². The van der Waals surface area contributed by atoms with Gasteiger partial charge < -0.3 is 15.6 Å². The van der Waals surface area contributed by atoms with Crippen molar-refractivity contribution >= 4 is 33.8 Å². The van der Waals surface area contributed by atoms with Crippen molar-refractivity contribution in [3.8, 4) is 5.75 Å². The molecule has 1 saturated heterocycles. The second-order valence-electron chi connectivity index (χ2n) is 6.27. The monoisotopic (exact) mass is 424 g/mol. The first-order valence-electron chi connectivity index (χ1n) is 8.76. The van der Waals surface area contributed by atoms with E-state index in [1.807, 2.05) is 12.1 Å². The molecule has 1 fully saturated rings. The van der Waals surface area contributed by atoms with Gasteiger partial charge in [-0.25, -0.2) is 0 Å². The third kappa shape index (κ3) is 5.16. The van der Waals surface area contributed by atoms with Crippen molar-refractivity contribution < 1.29 is 19.4 Å². The van der Waals surface area contributed by atoms with Crippen LogP contribution in [0.25, 0.3) is 6.08 Å². The molecule has 3 N–H and O–H groups in total. The van der Waals surface area contributed by atoms with Crippen LogP contribution >= 0.6 is 15.9 Å². The summed E-state index contributed by atoms with van der Waals surface area (Å²) < 4.78 is 6.17. The van der Waals surface area contributed by atoms with E-state index < -0.39 is 12.1 Å². The van der Waals surface area contributed by atoms with Crippen LogP contribution in [0.2, 0.25) is 0 Å². The Labute approximate surface area is 162 Å². The highest BCUT2D eigenvalue weighted by Gasteiger charge is 2.37. The minimum Gasteiger partial charge on any atom is -0.496 e. The van der Waals surface area contributed by atoms with Gasteiger partial charge in [0.05, 0.1) is 13.5 Å². The van der Waals surface area contributed by atoms with Gasteiger partial charge in [0, 0.05) is 15.6 Å². The summed E-state index contributed by atoms with van der Waals surface area (Å²) in [6, 6.07) is 5.44. The molecule has 1 atom stereocenters. The number of nitrogens with two attached hydrogens (primary N) is 1. The quantitative estimate of drug-likeness (QED) is 0.361. The smallest absolute Gasteiger partial charge is 0.259 e. The summed E-state index contributed by atoms with van der Waals surface area (Å²) in [4.78, 5) is 25.8. The van der Waals surface area contributed by atoms with E-state index >= 15 is 0 Å². The number of carbonyl (C=O) groups is 2. The lowest BCUT2D eigenvalue weighted by molar-refractivity contribution is -0.148. The van der Waals surface area contributed by atoms with Crippen LogP contribution in [-0.4, -0.2) is 41.7 Å². The van der Waals surface area contributed by atoms with Crippen molar-refractivity contribution in [2.45, 2.75) is 44.8 Å². The molecule has 1 heterocycles. The topological polar surface area (TPSA) is 92.9 Å². The first kappa shape index (κ1) is 20.6. The zero-order valence-corrected chi connectivity index (χ0v) is 16.5. The fourth-order valence-corrected chi connectivity index (χ4v) is 3.29. The Kier molecular flexibility index (Phi) is 7.81. The van der Waals surface area contributed by atoms with Crippen molar-refractivity contribution in [3.63, 3.8) is 0 Å². The number of benzene rings is 1. The minimum absolute atomic E-state index is 0.0116. The van der Waals surface area contributed by atoms with Crippen LogP contribution in [0.1, 0.15) is 44.1 Å². The average molecular weight is 425 g/mol. The molecule has 1 aromatic carbocycles. The predicted molar refractivity (Wildman–Crippen MR) is 103 cm³/mol. The number of unbranched alkanes of at least 4 members (excludes halogenated alkanes) is 3. The molecule has 26 heavy (non-hydrogen) atoms. The number of rotatable bonds is 9. The van der Waals surface area contributed by atoms with Crippen LogP contribution in [-0.2, 0) is 9.59 Å². The van der Waals surface area contributed by atoms with Gasteiger partial charge in [-0.3, -0.25) is 14.5 Å². The summed E-state index contributed by atoms with van der Waals surface area (Å²) in [5, 5.41) is 10.3. The van der Waals surface area contributed by atoms with Crippen molar-refractivity contribution in [2.75, 3.05) is 13.7 Å². The lowest BCUT2D eigenvalue weighted by Gasteiger charge is -2.20. The van der Waals surface area contributed by atoms with E-state index in [4.69, 9.17) is 10.5 Å². The van der Waals surface area contributed by atoms with Gasteiger partial charge in [-0.2, -0.15) is 0 Å². The van der Waals surface area contributed by atoms with Crippen LogP contribution in [0.15, 0.2) is 28.2 Å². The molecule has 0 aliphatic carbocycles. The number of ether oxygens (including phenoxy) is 1. The van der Waals surface area contributed by atoms with Gasteiger partial charge in [0.25, 0.3) is 5.91 Å². The fourth-order valence-electron chi connectivity index (χ4n) is 2.95. The van der Waals surface area contributed by atoms with Gasteiger partial charge in [0.15, 0.2) is 0 Å². The summed E-state index contributed by atoms with van der Waals surface area (Å²) in [6.45, 7) is 0.652. The molecule has 1 aromatic rings. The first-order chi connectivity index (χ1) is 12.5. The van der Waals surface area contributed by atoms with E-state index in [-0.39, 0.29) is 12.3 Å². The third-order valence-corrected chi connectivity index (χ3v) is 4.84. The highest BCUT2D eigenvalue weighted by molar-refractivity contribution is 9.10. The molecule has 1 unspecified atom stereocenters. The standard InChI is InChI=1S/C19H25BrN2O4/c1-26-16-12-15(20)8-7-13(16)10-14-11-18(24)22(19(14)25)17(23)6-4-2-3-5-9-21/h7-8,10,12,17,23H,2-6,9,11,21H2,1H3/b14-10+. The van der Waals surface area contributed by atoms with E-state index in [1.165, 1.54) is 0 Å².